The highest BCUT2D eigenvalue weighted by Gasteiger charge is 2.30. The Balaban J connectivity index is 5.24. The molecule has 0 saturated heterocycles. The summed E-state index contributed by atoms with van der Waals surface area (Å²) in [5.41, 5.74) is 0. The number of carbonyl (C=O) groups is 4. The Morgan fingerprint density at radius 1 is 0.281 bits per heavy atom. The second-order valence-electron chi connectivity index (χ2n) is 27.2. The molecule has 0 radical (unpaired) electrons. The molecule has 0 amide bonds. The highest BCUT2D eigenvalue weighted by molar-refractivity contribution is 7.47. The lowest BCUT2D eigenvalue weighted by molar-refractivity contribution is -0.161. The predicted octanol–water partition coefficient (Wildman–Crippen LogP) is 19.7. The Bertz CT molecular complexity index is 1760. The number of phosphoric ester groups is 2. The van der Waals surface area contributed by atoms with Gasteiger partial charge in [-0.3, -0.25) is 37.3 Å². The molecule has 3 N–H and O–H groups in total. The van der Waals surface area contributed by atoms with Gasteiger partial charge in [0.1, 0.15) is 19.3 Å². The summed E-state index contributed by atoms with van der Waals surface area (Å²) in [6, 6.07) is 0. The normalized spacial score (nSPS) is 14.3. The summed E-state index contributed by atoms with van der Waals surface area (Å²) in [7, 11) is -9.90. The molecule has 0 heterocycles. The Kier molecular flexibility index (Phi) is 58.5. The second-order valence-corrected chi connectivity index (χ2v) is 30.1. The van der Waals surface area contributed by atoms with Crippen LogP contribution in [-0.2, 0) is 65.4 Å². The zero-order chi connectivity index (χ0) is 66.1. The number of phosphoric acid groups is 2. The average Bonchev–Trinajstić information content (AvgIpc) is 3.69. The van der Waals surface area contributed by atoms with Crippen LogP contribution in [0.4, 0.5) is 0 Å². The minimum atomic E-state index is -4.95. The van der Waals surface area contributed by atoms with Gasteiger partial charge in [0.25, 0.3) is 0 Å². The molecule has 89 heavy (non-hydrogen) atoms. The van der Waals surface area contributed by atoms with Crippen LogP contribution < -0.4 is 0 Å². The molecule has 528 valence electrons. The molecule has 17 nitrogen and oxygen atoms in total. The van der Waals surface area contributed by atoms with Crippen LogP contribution >= 0.6 is 15.6 Å². The van der Waals surface area contributed by atoms with Gasteiger partial charge in [0.15, 0.2) is 12.2 Å². The molecule has 0 aromatic carbocycles. The van der Waals surface area contributed by atoms with E-state index >= 15 is 0 Å². The summed E-state index contributed by atoms with van der Waals surface area (Å²) in [6.45, 7) is 14.0. The third-order valence-corrected chi connectivity index (χ3v) is 18.0. The van der Waals surface area contributed by atoms with Gasteiger partial charge in [0.2, 0.25) is 0 Å². The molecule has 0 rings (SSSR count). The van der Waals surface area contributed by atoms with E-state index in [2.05, 4.69) is 55.4 Å². The van der Waals surface area contributed by atoms with E-state index in [1.807, 2.05) is 0 Å². The van der Waals surface area contributed by atoms with Gasteiger partial charge in [-0.1, -0.05) is 293 Å². The zero-order valence-corrected chi connectivity index (χ0v) is 59.8. The van der Waals surface area contributed by atoms with Crippen molar-refractivity contribution in [3.05, 3.63) is 0 Å². The summed E-state index contributed by atoms with van der Waals surface area (Å²) in [5, 5.41) is 10.6. The monoisotopic (exact) mass is 1310 g/mol. The Morgan fingerprint density at radius 3 is 0.697 bits per heavy atom. The molecule has 0 aliphatic heterocycles. The molecule has 0 spiro atoms. The molecule has 0 saturated carbocycles. The van der Waals surface area contributed by atoms with Gasteiger partial charge >= 0.3 is 39.5 Å². The molecule has 5 atom stereocenters. The van der Waals surface area contributed by atoms with Crippen LogP contribution in [0.2, 0.25) is 0 Å². The van der Waals surface area contributed by atoms with E-state index in [0.29, 0.717) is 31.6 Å². The van der Waals surface area contributed by atoms with Crippen LogP contribution in [0.15, 0.2) is 0 Å². The average molecular weight is 1310 g/mol. The number of ether oxygens (including phenoxy) is 4. The van der Waals surface area contributed by atoms with E-state index in [9.17, 15) is 43.2 Å². The van der Waals surface area contributed by atoms with Gasteiger partial charge in [-0.15, -0.1) is 0 Å². The lowest BCUT2D eigenvalue weighted by Gasteiger charge is -2.21. The number of rotatable bonds is 67. The van der Waals surface area contributed by atoms with Crippen molar-refractivity contribution in [3.63, 3.8) is 0 Å². The van der Waals surface area contributed by atoms with Gasteiger partial charge in [0.05, 0.1) is 26.4 Å². The maximum atomic E-state index is 13.0. The maximum Gasteiger partial charge on any atom is 0.472 e. The standard InChI is InChI=1S/C70H136O17P2/c1-60(2)46-38-30-22-16-11-9-10-12-20-26-36-44-52-69(74)87-66(57-81-68(73)51-43-35-29-28-33-41-49-63(7)8)59-85-89(78,79)83-55-64(71)54-82-88(76,77)84-58-65(86-70(75)53-45-37-27-21-15-18-24-32-40-48-62(5)6)56-80-67(72)50-42-34-25-19-14-13-17-23-31-39-47-61(3)4/h60-66,71H,9-59H2,1-8H3,(H,76,77)(H,78,79)/t64-,65-,66-/m1/s1. The third-order valence-electron chi connectivity index (χ3n) is 16.1. The van der Waals surface area contributed by atoms with Crippen molar-refractivity contribution in [2.24, 2.45) is 23.7 Å². The maximum absolute atomic E-state index is 13.0. The number of aliphatic hydroxyl groups excluding tert-OH is 1. The molecular formula is C70H136O17P2. The van der Waals surface area contributed by atoms with Gasteiger partial charge in [-0.2, -0.15) is 0 Å². The van der Waals surface area contributed by atoms with Crippen molar-refractivity contribution >= 4 is 39.5 Å². The number of hydrogen-bond acceptors (Lipinski definition) is 15. The van der Waals surface area contributed by atoms with Crippen LogP contribution in [0, 0.1) is 23.7 Å². The Labute approximate surface area is 543 Å². The fraction of sp³-hybridized carbons (Fsp3) is 0.943. The molecule has 0 aromatic rings. The third kappa shape index (κ3) is 64.6. The molecule has 0 aromatic heterocycles. The van der Waals surface area contributed by atoms with Crippen LogP contribution in [0.5, 0.6) is 0 Å². The molecule has 0 fully saturated rings. The summed E-state index contributed by atoms with van der Waals surface area (Å²) in [4.78, 5) is 72.5. The number of carbonyl (C=O) groups excluding carboxylic acids is 4. The topological polar surface area (TPSA) is 237 Å². The van der Waals surface area contributed by atoms with Crippen molar-refractivity contribution in [3.8, 4) is 0 Å². The van der Waals surface area contributed by atoms with E-state index in [1.165, 1.54) is 141 Å². The van der Waals surface area contributed by atoms with Crippen molar-refractivity contribution in [1.82, 2.24) is 0 Å². The molecular weight excluding hydrogens is 1170 g/mol. The Morgan fingerprint density at radius 2 is 0.472 bits per heavy atom. The van der Waals surface area contributed by atoms with Gasteiger partial charge in [-0.05, 0) is 49.4 Å². The molecule has 0 aliphatic carbocycles. The van der Waals surface area contributed by atoms with Crippen molar-refractivity contribution < 1.29 is 80.2 Å². The van der Waals surface area contributed by atoms with Crippen molar-refractivity contribution in [2.45, 2.75) is 363 Å². The smallest absolute Gasteiger partial charge is 0.462 e. The molecule has 2 unspecified atom stereocenters. The number of unbranched alkanes of at least 4 members (excludes halogenated alkanes) is 33. The minimum absolute atomic E-state index is 0.104. The van der Waals surface area contributed by atoms with E-state index in [4.69, 9.17) is 37.0 Å². The molecule has 0 bridgehead atoms. The summed E-state index contributed by atoms with van der Waals surface area (Å²) >= 11 is 0. The summed E-state index contributed by atoms with van der Waals surface area (Å²) < 4.78 is 68.3. The van der Waals surface area contributed by atoms with Crippen LogP contribution in [-0.4, -0.2) is 96.7 Å². The van der Waals surface area contributed by atoms with Gasteiger partial charge in [0, 0.05) is 25.7 Å². The molecule has 0 aliphatic rings. The molecule has 19 heteroatoms. The first-order chi connectivity index (χ1) is 42.6. The minimum Gasteiger partial charge on any atom is -0.462 e. The van der Waals surface area contributed by atoms with E-state index in [-0.39, 0.29) is 25.7 Å². The summed E-state index contributed by atoms with van der Waals surface area (Å²) in [5.74, 6) is 0.820. The quantitative estimate of drug-likeness (QED) is 0.0222. The Hall–Kier alpha value is -1.94. The van der Waals surface area contributed by atoms with Crippen LogP contribution in [0.25, 0.3) is 0 Å². The second kappa shape index (κ2) is 59.8. The van der Waals surface area contributed by atoms with E-state index < -0.39 is 97.5 Å². The lowest BCUT2D eigenvalue weighted by Crippen LogP contribution is -2.30. The highest BCUT2D eigenvalue weighted by Crippen LogP contribution is 2.45. The van der Waals surface area contributed by atoms with Gasteiger partial charge < -0.3 is 33.8 Å². The van der Waals surface area contributed by atoms with E-state index in [0.717, 1.165) is 114 Å². The first-order valence-electron chi connectivity index (χ1n) is 36.2. The number of esters is 4. The summed E-state index contributed by atoms with van der Waals surface area (Å²) in [6.07, 6.45) is 41.8. The highest BCUT2D eigenvalue weighted by atomic mass is 31.2. The first-order valence-corrected chi connectivity index (χ1v) is 39.2. The SMILES string of the molecule is CC(C)CCCCCCCCCCCCCCC(=O)O[C@H](COC(=O)CCCCCCCCC(C)C)COP(=O)(O)OC[C@H](O)COP(=O)(O)OC[C@@H](COC(=O)CCCCCCCCCCCCC(C)C)OC(=O)CCCCCCCCCCCC(C)C. The fourth-order valence-corrected chi connectivity index (χ4v) is 12.1. The largest absolute Gasteiger partial charge is 0.472 e. The van der Waals surface area contributed by atoms with Crippen LogP contribution in [0.1, 0.15) is 344 Å². The van der Waals surface area contributed by atoms with Crippen LogP contribution in [0.3, 0.4) is 0 Å². The lowest BCUT2D eigenvalue weighted by atomic mass is 10.0. The zero-order valence-electron chi connectivity index (χ0n) is 58.1. The predicted molar refractivity (Wildman–Crippen MR) is 358 cm³/mol. The first kappa shape index (κ1) is 87.1. The van der Waals surface area contributed by atoms with E-state index in [1.54, 1.807) is 0 Å². The van der Waals surface area contributed by atoms with Gasteiger partial charge in [-0.25, -0.2) is 9.13 Å². The number of hydrogen-bond donors (Lipinski definition) is 3. The van der Waals surface area contributed by atoms with Crippen molar-refractivity contribution in [1.29, 1.82) is 0 Å². The fourth-order valence-electron chi connectivity index (χ4n) is 10.5. The van der Waals surface area contributed by atoms with Crippen molar-refractivity contribution in [2.75, 3.05) is 39.6 Å². The number of aliphatic hydroxyl groups is 1.